The van der Waals surface area contributed by atoms with Crippen molar-refractivity contribution in [2.75, 3.05) is 5.32 Å². The fourth-order valence-electron chi connectivity index (χ4n) is 2.61. The van der Waals surface area contributed by atoms with E-state index in [2.05, 4.69) is 43.3 Å². The monoisotopic (exact) mass is 333 g/mol. The molecule has 0 aliphatic heterocycles. The summed E-state index contributed by atoms with van der Waals surface area (Å²) in [7, 11) is 0. The highest BCUT2D eigenvalue weighted by Crippen LogP contribution is 2.34. The Balaban J connectivity index is 1.94. The topological polar surface area (TPSA) is 58.0 Å². The van der Waals surface area contributed by atoms with E-state index in [4.69, 9.17) is 0 Å². The van der Waals surface area contributed by atoms with Crippen LogP contribution in [0.1, 0.15) is 28.6 Å². The molecule has 3 rings (SSSR count). The third-order valence-electron chi connectivity index (χ3n) is 3.68. The summed E-state index contributed by atoms with van der Waals surface area (Å²) in [6.45, 7) is 3.81. The average molecular weight is 334 g/mol. The van der Waals surface area contributed by atoms with Gasteiger partial charge in [-0.2, -0.15) is 0 Å². The Bertz CT molecular complexity index is 660. The van der Waals surface area contributed by atoms with Gasteiger partial charge in [0, 0.05) is 6.42 Å². The van der Waals surface area contributed by atoms with E-state index in [0.29, 0.717) is 6.42 Å². The minimum Gasteiger partial charge on any atom is -0.390 e. The lowest BCUT2D eigenvalue weighted by Gasteiger charge is -2.20. The Kier molecular flexibility index (Phi) is 3.48. The van der Waals surface area contributed by atoms with Crippen LogP contribution in [0.15, 0.2) is 28.9 Å². The molecule has 2 N–H and O–H groups in total. The number of rotatable bonds is 2. The number of nitrogens with one attached hydrogen (secondary N) is 1. The lowest BCUT2D eigenvalue weighted by molar-refractivity contribution is 0.165. The van der Waals surface area contributed by atoms with Crippen LogP contribution in [0, 0.1) is 13.8 Å². The molecule has 5 heteroatoms. The van der Waals surface area contributed by atoms with Crippen molar-refractivity contribution in [3.63, 3.8) is 0 Å². The molecular formula is C15H16BrN3O. The van der Waals surface area contributed by atoms with E-state index in [1.165, 1.54) is 5.56 Å². The van der Waals surface area contributed by atoms with Gasteiger partial charge in [0.15, 0.2) is 0 Å². The maximum absolute atomic E-state index is 10.3. The van der Waals surface area contributed by atoms with E-state index in [9.17, 15) is 5.11 Å². The number of aryl methyl sites for hydroxylation is 2. The van der Waals surface area contributed by atoms with Crippen molar-refractivity contribution in [2.45, 2.75) is 32.4 Å². The molecule has 2 atom stereocenters. The number of hydrogen-bond acceptors (Lipinski definition) is 4. The van der Waals surface area contributed by atoms with E-state index >= 15 is 0 Å². The Hall–Kier alpha value is -1.46. The van der Waals surface area contributed by atoms with Crippen LogP contribution < -0.4 is 5.32 Å². The summed E-state index contributed by atoms with van der Waals surface area (Å²) >= 11 is 3.38. The fourth-order valence-corrected chi connectivity index (χ4v) is 2.96. The van der Waals surface area contributed by atoms with E-state index < -0.39 is 6.10 Å². The van der Waals surface area contributed by atoms with Crippen LogP contribution in [0.25, 0.3) is 0 Å². The van der Waals surface area contributed by atoms with Crippen molar-refractivity contribution < 1.29 is 5.11 Å². The molecule has 1 aliphatic rings. The Morgan fingerprint density at radius 1 is 1.20 bits per heavy atom. The molecule has 1 aromatic carbocycles. The normalized spacial score (nSPS) is 20.8. The number of fused-ring (bicyclic) bond motifs is 1. The number of aliphatic hydroxyl groups excluding tert-OH is 1. The first kappa shape index (κ1) is 13.5. The van der Waals surface area contributed by atoms with Crippen molar-refractivity contribution in [3.05, 3.63) is 51.4 Å². The fraction of sp³-hybridized carbons (Fsp3) is 0.333. The third kappa shape index (κ3) is 2.31. The van der Waals surface area contributed by atoms with Gasteiger partial charge in [-0.05, 0) is 40.9 Å². The molecular weight excluding hydrogens is 318 g/mol. The molecule has 1 aromatic heterocycles. The molecule has 1 aliphatic carbocycles. The molecule has 0 bridgehead atoms. The Morgan fingerprint density at radius 3 is 2.75 bits per heavy atom. The second-order valence-electron chi connectivity index (χ2n) is 5.13. The summed E-state index contributed by atoms with van der Waals surface area (Å²) in [5.74, 6) is 0.728. The minimum absolute atomic E-state index is 0.125. The maximum atomic E-state index is 10.3. The third-order valence-corrected chi connectivity index (χ3v) is 4.43. The lowest BCUT2D eigenvalue weighted by atomic mass is 10.1. The molecule has 104 valence electrons. The van der Waals surface area contributed by atoms with Gasteiger partial charge in [-0.25, -0.2) is 9.97 Å². The second kappa shape index (κ2) is 5.14. The maximum Gasteiger partial charge on any atom is 0.148 e. The summed E-state index contributed by atoms with van der Waals surface area (Å²) in [6.07, 6.45) is 0.244. The number of hydrogen-bond donors (Lipinski definition) is 2. The van der Waals surface area contributed by atoms with Crippen LogP contribution in [0.4, 0.5) is 5.82 Å². The van der Waals surface area contributed by atoms with Crippen LogP contribution in [0.2, 0.25) is 0 Å². The zero-order chi connectivity index (χ0) is 14.3. The van der Waals surface area contributed by atoms with E-state index in [1.807, 2.05) is 26.0 Å². The standard InChI is InChI=1S/C15H16BrN3O/c1-8-14(16)17-9(2)15(18-8)19-13-11-6-4-3-5-10(11)7-12(13)20/h3-6,12-13,20H,7H2,1-2H3,(H,18,19)/t12-,13+/m0/s1. The molecule has 0 fully saturated rings. The van der Waals surface area contributed by atoms with Crippen LogP contribution in [0.3, 0.4) is 0 Å². The van der Waals surface area contributed by atoms with Gasteiger partial charge < -0.3 is 10.4 Å². The number of halogens is 1. The van der Waals surface area contributed by atoms with Gasteiger partial charge in [0.05, 0.1) is 23.5 Å². The summed E-state index contributed by atoms with van der Waals surface area (Å²) in [4.78, 5) is 8.92. The van der Waals surface area contributed by atoms with Gasteiger partial charge in [-0.3, -0.25) is 0 Å². The summed E-state index contributed by atoms with van der Waals surface area (Å²) in [6, 6.07) is 7.99. The van der Waals surface area contributed by atoms with Crippen molar-refractivity contribution in [3.8, 4) is 0 Å². The highest BCUT2D eigenvalue weighted by Gasteiger charge is 2.31. The quantitative estimate of drug-likeness (QED) is 0.887. The van der Waals surface area contributed by atoms with Crippen molar-refractivity contribution in [1.82, 2.24) is 9.97 Å². The summed E-state index contributed by atoms with van der Waals surface area (Å²) in [5, 5.41) is 13.6. The van der Waals surface area contributed by atoms with Crippen molar-refractivity contribution in [1.29, 1.82) is 0 Å². The molecule has 20 heavy (non-hydrogen) atoms. The van der Waals surface area contributed by atoms with Gasteiger partial charge >= 0.3 is 0 Å². The largest absolute Gasteiger partial charge is 0.390 e. The minimum atomic E-state index is -0.433. The number of aromatic nitrogens is 2. The van der Waals surface area contributed by atoms with E-state index in [0.717, 1.165) is 27.4 Å². The molecule has 2 aromatic rings. The van der Waals surface area contributed by atoms with E-state index in [-0.39, 0.29) is 6.04 Å². The van der Waals surface area contributed by atoms with Gasteiger partial charge in [0.25, 0.3) is 0 Å². The SMILES string of the molecule is Cc1nc(N[C@@H]2c3ccccc3C[C@@H]2O)c(C)nc1Br. The summed E-state index contributed by atoms with van der Waals surface area (Å²) in [5.41, 5.74) is 3.98. The van der Waals surface area contributed by atoms with Crippen LogP contribution in [-0.4, -0.2) is 21.2 Å². The van der Waals surface area contributed by atoms with E-state index in [1.54, 1.807) is 0 Å². The van der Waals surface area contributed by atoms with Gasteiger partial charge in [-0.15, -0.1) is 0 Å². The molecule has 0 radical (unpaired) electrons. The molecule has 1 heterocycles. The summed E-state index contributed by atoms with van der Waals surface area (Å²) < 4.78 is 0.757. The predicted molar refractivity (Wildman–Crippen MR) is 81.7 cm³/mol. The average Bonchev–Trinajstić information content (AvgIpc) is 2.72. The Labute approximate surface area is 126 Å². The van der Waals surface area contributed by atoms with Gasteiger partial charge in [-0.1, -0.05) is 24.3 Å². The Morgan fingerprint density at radius 2 is 1.95 bits per heavy atom. The highest BCUT2D eigenvalue weighted by atomic mass is 79.9. The molecule has 0 saturated heterocycles. The first-order chi connectivity index (χ1) is 9.56. The number of aliphatic hydroxyl groups is 1. The first-order valence-corrected chi connectivity index (χ1v) is 7.38. The lowest BCUT2D eigenvalue weighted by Crippen LogP contribution is -2.22. The smallest absolute Gasteiger partial charge is 0.148 e. The zero-order valence-electron chi connectivity index (χ0n) is 11.4. The predicted octanol–water partition coefficient (Wildman–Crippen LogP) is 2.93. The van der Waals surface area contributed by atoms with Crippen molar-refractivity contribution in [2.24, 2.45) is 0 Å². The number of benzene rings is 1. The highest BCUT2D eigenvalue weighted by molar-refractivity contribution is 9.10. The van der Waals surface area contributed by atoms with Crippen LogP contribution in [-0.2, 0) is 6.42 Å². The number of nitrogens with zero attached hydrogens (tertiary/aromatic N) is 2. The van der Waals surface area contributed by atoms with Crippen LogP contribution in [0.5, 0.6) is 0 Å². The molecule has 0 unspecified atom stereocenters. The van der Waals surface area contributed by atoms with Crippen LogP contribution >= 0.6 is 15.9 Å². The molecule has 0 saturated carbocycles. The molecule has 0 amide bonds. The van der Waals surface area contributed by atoms with Gasteiger partial charge in [0.1, 0.15) is 10.4 Å². The van der Waals surface area contributed by atoms with Crippen molar-refractivity contribution >= 4 is 21.7 Å². The van der Waals surface area contributed by atoms with Gasteiger partial charge in [0.2, 0.25) is 0 Å². The molecule has 4 nitrogen and oxygen atoms in total. The zero-order valence-corrected chi connectivity index (χ0v) is 13.0. The first-order valence-electron chi connectivity index (χ1n) is 6.59. The number of anilines is 1. The second-order valence-corrected chi connectivity index (χ2v) is 5.88. The molecule has 0 spiro atoms.